The van der Waals surface area contributed by atoms with Crippen molar-refractivity contribution in [1.82, 2.24) is 4.90 Å². The largest absolute Gasteiger partial charge is 0.496 e. The van der Waals surface area contributed by atoms with Gasteiger partial charge in [0.05, 0.1) is 18.7 Å². The van der Waals surface area contributed by atoms with Gasteiger partial charge in [0.25, 0.3) is 11.1 Å². The van der Waals surface area contributed by atoms with Crippen LogP contribution in [0.15, 0.2) is 57.9 Å². The molecule has 1 heterocycles. The smallest absolute Gasteiger partial charge is 0.295 e. The predicted molar refractivity (Wildman–Crippen MR) is 103 cm³/mol. The molecule has 1 fully saturated rings. The number of hydrogen-bond donors (Lipinski definition) is 1. The molecule has 0 spiro atoms. The number of nitrogens with zero attached hydrogens (tertiary/aromatic N) is 1. The quantitative estimate of drug-likeness (QED) is 0.720. The van der Waals surface area contributed by atoms with Crippen LogP contribution in [0.25, 0.3) is 6.08 Å². The highest BCUT2D eigenvalue weighted by Crippen LogP contribution is 2.33. The summed E-state index contributed by atoms with van der Waals surface area (Å²) in [6, 6.07) is 14.9. The lowest BCUT2D eigenvalue weighted by atomic mass is 10.2. The van der Waals surface area contributed by atoms with Crippen LogP contribution in [0.4, 0.5) is 10.5 Å². The van der Waals surface area contributed by atoms with Gasteiger partial charge in [-0.15, -0.1) is 0 Å². The number of hydrogen-bond acceptors (Lipinski definition) is 5. The standard InChI is InChI=1S/C18H15BrN2O3S/c1-24-15-5-3-2-4-12(15)10-16-17(22)21(18(23)25-16)11-20-14-8-6-13(19)7-9-14/h2-10,20H,11H2,1H3/b16-10+. The first-order valence-corrected chi connectivity index (χ1v) is 9.07. The number of thioether (sulfide) groups is 1. The molecule has 25 heavy (non-hydrogen) atoms. The Bertz CT molecular complexity index is 836. The van der Waals surface area contributed by atoms with E-state index in [-0.39, 0.29) is 17.8 Å². The molecule has 0 unspecified atom stereocenters. The lowest BCUT2D eigenvalue weighted by molar-refractivity contribution is -0.122. The van der Waals surface area contributed by atoms with Gasteiger partial charge in [0.2, 0.25) is 0 Å². The summed E-state index contributed by atoms with van der Waals surface area (Å²) in [5.74, 6) is 0.341. The monoisotopic (exact) mass is 418 g/mol. The van der Waals surface area contributed by atoms with E-state index in [0.717, 1.165) is 27.5 Å². The van der Waals surface area contributed by atoms with Crippen molar-refractivity contribution in [3.63, 3.8) is 0 Å². The second-order valence-corrected chi connectivity index (χ2v) is 7.10. The van der Waals surface area contributed by atoms with Gasteiger partial charge in [0, 0.05) is 15.7 Å². The maximum absolute atomic E-state index is 12.5. The van der Waals surface area contributed by atoms with Crippen molar-refractivity contribution in [1.29, 1.82) is 0 Å². The molecular formula is C18H15BrN2O3S. The van der Waals surface area contributed by atoms with Crippen LogP contribution in [0.5, 0.6) is 5.75 Å². The minimum absolute atomic E-state index is 0.121. The van der Waals surface area contributed by atoms with E-state index >= 15 is 0 Å². The zero-order valence-electron chi connectivity index (χ0n) is 13.4. The lowest BCUT2D eigenvalue weighted by Gasteiger charge is -2.14. The van der Waals surface area contributed by atoms with Crippen LogP contribution in [-0.2, 0) is 4.79 Å². The second kappa shape index (κ2) is 7.76. The van der Waals surface area contributed by atoms with E-state index in [1.165, 1.54) is 4.90 Å². The van der Waals surface area contributed by atoms with Gasteiger partial charge in [-0.2, -0.15) is 0 Å². The third-order valence-electron chi connectivity index (χ3n) is 3.58. The Labute approximate surface area is 158 Å². The molecule has 0 aliphatic carbocycles. The number of carbonyl (C=O) groups excluding carboxylic acids is 2. The summed E-state index contributed by atoms with van der Waals surface area (Å²) < 4.78 is 6.24. The molecule has 1 saturated heterocycles. The topological polar surface area (TPSA) is 58.6 Å². The summed E-state index contributed by atoms with van der Waals surface area (Å²) in [5, 5.41) is 2.78. The molecular weight excluding hydrogens is 404 g/mol. The number of methoxy groups -OCH3 is 1. The summed E-state index contributed by atoms with van der Waals surface area (Å²) in [4.78, 5) is 26.3. The van der Waals surface area contributed by atoms with Crippen molar-refractivity contribution in [3.05, 3.63) is 63.5 Å². The number of ether oxygens (including phenoxy) is 1. The van der Waals surface area contributed by atoms with E-state index < -0.39 is 0 Å². The number of carbonyl (C=O) groups is 2. The summed E-state index contributed by atoms with van der Waals surface area (Å²) in [6.45, 7) is 0.121. The van der Waals surface area contributed by atoms with E-state index in [9.17, 15) is 9.59 Å². The Kier molecular flexibility index (Phi) is 5.45. The number of rotatable bonds is 5. The Balaban J connectivity index is 1.73. The molecule has 2 aromatic rings. The summed E-state index contributed by atoms with van der Waals surface area (Å²) in [7, 11) is 1.57. The van der Waals surface area contributed by atoms with Crippen LogP contribution in [0.2, 0.25) is 0 Å². The van der Waals surface area contributed by atoms with Gasteiger partial charge in [-0.25, -0.2) is 0 Å². The van der Waals surface area contributed by atoms with Gasteiger partial charge in [-0.3, -0.25) is 14.5 Å². The van der Waals surface area contributed by atoms with Gasteiger partial charge >= 0.3 is 0 Å². The molecule has 0 aromatic heterocycles. The van der Waals surface area contributed by atoms with Crippen LogP contribution >= 0.6 is 27.7 Å². The molecule has 0 bridgehead atoms. The fourth-order valence-electron chi connectivity index (χ4n) is 2.30. The number of benzene rings is 2. The summed E-state index contributed by atoms with van der Waals surface area (Å²) >= 11 is 4.29. The van der Waals surface area contributed by atoms with E-state index in [4.69, 9.17) is 4.74 Å². The third kappa shape index (κ3) is 4.05. The van der Waals surface area contributed by atoms with Crippen molar-refractivity contribution in [2.75, 3.05) is 19.1 Å². The fraction of sp³-hybridized carbons (Fsp3) is 0.111. The van der Waals surface area contributed by atoms with Crippen LogP contribution in [0, 0.1) is 0 Å². The first kappa shape index (κ1) is 17.6. The van der Waals surface area contributed by atoms with E-state index in [1.807, 2.05) is 48.5 Å². The number of halogens is 1. The average Bonchev–Trinajstić information content (AvgIpc) is 2.88. The Hall–Kier alpha value is -2.25. The van der Waals surface area contributed by atoms with E-state index in [0.29, 0.717) is 10.7 Å². The zero-order chi connectivity index (χ0) is 17.8. The van der Waals surface area contributed by atoms with Gasteiger partial charge in [0.15, 0.2) is 0 Å². The second-order valence-electron chi connectivity index (χ2n) is 5.19. The number of nitrogens with one attached hydrogen (secondary N) is 1. The van der Waals surface area contributed by atoms with Gasteiger partial charge in [0.1, 0.15) is 5.75 Å². The zero-order valence-corrected chi connectivity index (χ0v) is 15.8. The molecule has 0 saturated carbocycles. The van der Waals surface area contributed by atoms with Crippen LogP contribution < -0.4 is 10.1 Å². The van der Waals surface area contributed by atoms with Crippen LogP contribution in [0.1, 0.15) is 5.56 Å². The van der Waals surface area contributed by atoms with Gasteiger partial charge in [-0.05, 0) is 48.2 Å². The molecule has 1 aliphatic rings. The van der Waals surface area contributed by atoms with Crippen LogP contribution in [-0.4, -0.2) is 29.8 Å². The first-order chi connectivity index (χ1) is 12.1. The SMILES string of the molecule is COc1ccccc1/C=C1/SC(=O)N(CNc2ccc(Br)cc2)C1=O. The number of imide groups is 1. The molecule has 7 heteroatoms. The van der Waals surface area contributed by atoms with Crippen molar-refractivity contribution in [2.45, 2.75) is 0 Å². The highest BCUT2D eigenvalue weighted by Gasteiger charge is 2.34. The molecule has 0 radical (unpaired) electrons. The van der Waals surface area contributed by atoms with E-state index in [2.05, 4.69) is 21.2 Å². The van der Waals surface area contributed by atoms with Gasteiger partial charge < -0.3 is 10.1 Å². The minimum Gasteiger partial charge on any atom is -0.496 e. The molecule has 5 nitrogen and oxygen atoms in total. The number of amides is 2. The Morgan fingerprint density at radius 3 is 2.60 bits per heavy atom. The van der Waals surface area contributed by atoms with Crippen molar-refractivity contribution in [2.24, 2.45) is 0 Å². The van der Waals surface area contributed by atoms with Gasteiger partial charge in [-0.1, -0.05) is 34.1 Å². The molecule has 0 atom stereocenters. The highest BCUT2D eigenvalue weighted by molar-refractivity contribution is 9.10. The van der Waals surface area contributed by atoms with Crippen molar-refractivity contribution >= 4 is 50.6 Å². The van der Waals surface area contributed by atoms with E-state index in [1.54, 1.807) is 13.2 Å². The Morgan fingerprint density at radius 1 is 1.16 bits per heavy atom. The molecule has 1 N–H and O–H groups in total. The van der Waals surface area contributed by atoms with Crippen LogP contribution in [0.3, 0.4) is 0 Å². The molecule has 2 amide bonds. The molecule has 3 rings (SSSR count). The highest BCUT2D eigenvalue weighted by atomic mass is 79.9. The fourth-order valence-corrected chi connectivity index (χ4v) is 3.39. The number of para-hydroxylation sites is 1. The Morgan fingerprint density at radius 2 is 1.88 bits per heavy atom. The third-order valence-corrected chi connectivity index (χ3v) is 5.02. The first-order valence-electron chi connectivity index (χ1n) is 7.46. The normalized spacial score (nSPS) is 15.8. The molecule has 128 valence electrons. The maximum atomic E-state index is 12.5. The van der Waals surface area contributed by atoms with Crippen molar-refractivity contribution < 1.29 is 14.3 Å². The molecule has 1 aliphatic heterocycles. The average molecular weight is 419 g/mol. The summed E-state index contributed by atoms with van der Waals surface area (Å²) in [6.07, 6.45) is 1.68. The minimum atomic E-state index is -0.314. The summed E-state index contributed by atoms with van der Waals surface area (Å²) in [5.41, 5.74) is 1.59. The van der Waals surface area contributed by atoms with Crippen molar-refractivity contribution in [3.8, 4) is 5.75 Å². The predicted octanol–water partition coefficient (Wildman–Crippen LogP) is 4.56. The maximum Gasteiger partial charge on any atom is 0.295 e. The lowest BCUT2D eigenvalue weighted by Crippen LogP contribution is -2.33. The molecule has 2 aromatic carbocycles. The number of anilines is 1.